The van der Waals surface area contributed by atoms with Gasteiger partial charge >= 0.3 is 0 Å². The molecule has 0 aliphatic heterocycles. The Morgan fingerprint density at radius 3 is 2.87 bits per heavy atom. The second-order valence-corrected chi connectivity index (χ2v) is 4.76. The van der Waals surface area contributed by atoms with Gasteiger partial charge in [-0.15, -0.1) is 0 Å². The van der Waals surface area contributed by atoms with Crippen LogP contribution in [0, 0.1) is 0 Å². The Kier molecular flexibility index (Phi) is 2.49. The van der Waals surface area contributed by atoms with Crippen molar-refractivity contribution in [3.63, 3.8) is 0 Å². The molecule has 3 rings (SSSR count). The van der Waals surface area contributed by atoms with Crippen molar-refractivity contribution in [2.24, 2.45) is 0 Å². The highest BCUT2D eigenvalue weighted by Crippen LogP contribution is 2.36. The molecule has 1 aromatic heterocycles. The minimum Gasteiger partial charge on any atom is -0.445 e. The summed E-state index contributed by atoms with van der Waals surface area (Å²) in [6.07, 6.45) is 9.48. The number of nitrogens with one attached hydrogen (secondary N) is 1. The second-order valence-electron chi connectivity index (χ2n) is 4.76. The molecule has 82 valence electrons. The molecule has 0 aromatic carbocycles. The van der Waals surface area contributed by atoms with E-state index in [1.54, 1.807) is 0 Å². The van der Waals surface area contributed by atoms with Gasteiger partial charge in [-0.25, -0.2) is 4.98 Å². The summed E-state index contributed by atoms with van der Waals surface area (Å²) in [5.41, 5.74) is 0. The number of rotatable bonds is 5. The van der Waals surface area contributed by atoms with Gasteiger partial charge in [0.25, 0.3) is 0 Å². The van der Waals surface area contributed by atoms with Crippen molar-refractivity contribution in [1.29, 1.82) is 0 Å². The fraction of sp³-hybridized carbons (Fsp3) is 0.750. The van der Waals surface area contributed by atoms with E-state index >= 15 is 0 Å². The van der Waals surface area contributed by atoms with E-state index in [1.807, 2.05) is 6.20 Å². The molecule has 1 heterocycles. The zero-order valence-corrected chi connectivity index (χ0v) is 9.04. The minimum absolute atomic E-state index is 0.669. The van der Waals surface area contributed by atoms with Crippen LogP contribution in [0.4, 0.5) is 0 Å². The molecule has 0 atom stereocenters. The summed E-state index contributed by atoms with van der Waals surface area (Å²) >= 11 is 0. The van der Waals surface area contributed by atoms with Gasteiger partial charge in [-0.3, -0.25) is 0 Å². The smallest absolute Gasteiger partial charge is 0.195 e. The zero-order chi connectivity index (χ0) is 10.1. The molecule has 2 fully saturated rings. The van der Waals surface area contributed by atoms with Crippen molar-refractivity contribution in [2.45, 2.75) is 50.5 Å². The van der Waals surface area contributed by atoms with Crippen LogP contribution in [-0.2, 0) is 6.42 Å². The highest BCUT2D eigenvalue weighted by Gasteiger charge is 2.23. The van der Waals surface area contributed by atoms with Gasteiger partial charge in [-0.2, -0.15) is 0 Å². The van der Waals surface area contributed by atoms with Gasteiger partial charge in [0, 0.05) is 24.9 Å². The Bertz CT molecular complexity index is 326. The van der Waals surface area contributed by atoms with Crippen LogP contribution in [0.25, 0.3) is 0 Å². The molecule has 1 N–H and O–H groups in total. The monoisotopic (exact) mass is 206 g/mol. The molecule has 0 amide bonds. The van der Waals surface area contributed by atoms with Crippen LogP contribution in [0.5, 0.6) is 0 Å². The van der Waals surface area contributed by atoms with Crippen molar-refractivity contribution in [3.05, 3.63) is 17.8 Å². The average Bonchev–Trinajstić information content (AvgIpc) is 2.85. The summed E-state index contributed by atoms with van der Waals surface area (Å²) < 4.78 is 5.74. The fourth-order valence-corrected chi connectivity index (χ4v) is 1.99. The Labute approximate surface area is 90.3 Å². The number of hydrogen-bond donors (Lipinski definition) is 1. The van der Waals surface area contributed by atoms with Crippen LogP contribution in [0.2, 0.25) is 0 Å². The molecular weight excluding hydrogens is 188 g/mol. The van der Waals surface area contributed by atoms with Gasteiger partial charge in [-0.1, -0.05) is 6.42 Å². The van der Waals surface area contributed by atoms with Crippen LogP contribution in [0.15, 0.2) is 10.6 Å². The Balaban J connectivity index is 1.48. The maximum atomic E-state index is 5.74. The lowest BCUT2D eigenvalue weighted by atomic mass is 9.84. The van der Waals surface area contributed by atoms with Gasteiger partial charge < -0.3 is 9.73 Å². The molecule has 1 aromatic rings. The van der Waals surface area contributed by atoms with Gasteiger partial charge in [-0.05, 0) is 25.7 Å². The Morgan fingerprint density at radius 1 is 1.33 bits per heavy atom. The highest BCUT2D eigenvalue weighted by molar-refractivity contribution is 5.05. The van der Waals surface area contributed by atoms with Crippen LogP contribution >= 0.6 is 0 Å². The van der Waals surface area contributed by atoms with E-state index in [0.717, 1.165) is 30.7 Å². The van der Waals surface area contributed by atoms with E-state index in [2.05, 4.69) is 10.3 Å². The molecule has 3 nitrogen and oxygen atoms in total. The molecule has 2 aliphatic carbocycles. The average molecular weight is 206 g/mol. The summed E-state index contributed by atoms with van der Waals surface area (Å²) in [5.74, 6) is 2.69. The van der Waals surface area contributed by atoms with Crippen LogP contribution in [0.1, 0.15) is 49.7 Å². The van der Waals surface area contributed by atoms with Crippen molar-refractivity contribution >= 4 is 0 Å². The van der Waals surface area contributed by atoms with Crippen LogP contribution in [-0.4, -0.2) is 17.6 Å². The zero-order valence-electron chi connectivity index (χ0n) is 9.04. The standard InChI is InChI=1S/C12H18N2O/c1-2-9(3-1)11-8-14-12(15-11)6-7-13-10-4-5-10/h8-10,13H,1-7H2. The molecular formula is C12H18N2O. The third-order valence-corrected chi connectivity index (χ3v) is 3.43. The second kappa shape index (κ2) is 3.97. The first kappa shape index (κ1) is 9.40. The maximum Gasteiger partial charge on any atom is 0.195 e. The number of oxazole rings is 1. The highest BCUT2D eigenvalue weighted by atomic mass is 16.4. The third kappa shape index (κ3) is 2.23. The quantitative estimate of drug-likeness (QED) is 0.803. The normalized spacial score (nSPS) is 21.6. The lowest BCUT2D eigenvalue weighted by Crippen LogP contribution is -2.19. The van der Waals surface area contributed by atoms with E-state index in [-0.39, 0.29) is 0 Å². The molecule has 3 heteroatoms. The molecule has 0 unspecified atom stereocenters. The Morgan fingerprint density at radius 2 is 2.20 bits per heavy atom. The lowest BCUT2D eigenvalue weighted by molar-refractivity contribution is 0.333. The molecule has 15 heavy (non-hydrogen) atoms. The van der Waals surface area contributed by atoms with Crippen molar-refractivity contribution < 1.29 is 4.42 Å². The van der Waals surface area contributed by atoms with E-state index in [1.165, 1.54) is 32.1 Å². The molecule has 0 saturated heterocycles. The van der Waals surface area contributed by atoms with E-state index in [9.17, 15) is 0 Å². The van der Waals surface area contributed by atoms with E-state index in [4.69, 9.17) is 4.42 Å². The molecule has 0 bridgehead atoms. The maximum absolute atomic E-state index is 5.74. The van der Waals surface area contributed by atoms with Gasteiger partial charge in [0.15, 0.2) is 5.89 Å². The van der Waals surface area contributed by atoms with Gasteiger partial charge in [0.1, 0.15) is 5.76 Å². The van der Waals surface area contributed by atoms with E-state index in [0.29, 0.717) is 5.92 Å². The summed E-state index contributed by atoms with van der Waals surface area (Å²) in [5, 5.41) is 3.47. The fourth-order valence-electron chi connectivity index (χ4n) is 1.99. The molecule has 0 spiro atoms. The van der Waals surface area contributed by atoms with Crippen molar-refractivity contribution in [1.82, 2.24) is 10.3 Å². The summed E-state index contributed by atoms with van der Waals surface area (Å²) in [6, 6.07) is 0.783. The number of nitrogens with zero attached hydrogens (tertiary/aromatic N) is 1. The SMILES string of the molecule is c1nc(CCNC2CC2)oc1C1CCC1. The predicted molar refractivity (Wildman–Crippen MR) is 57.8 cm³/mol. The van der Waals surface area contributed by atoms with Gasteiger partial charge in [0.05, 0.1) is 6.20 Å². The third-order valence-electron chi connectivity index (χ3n) is 3.43. The molecule has 2 aliphatic rings. The first-order valence-electron chi connectivity index (χ1n) is 6.10. The molecule has 0 radical (unpaired) electrons. The van der Waals surface area contributed by atoms with E-state index < -0.39 is 0 Å². The Hall–Kier alpha value is -0.830. The molecule has 2 saturated carbocycles. The number of aromatic nitrogens is 1. The summed E-state index contributed by atoms with van der Waals surface area (Å²) in [7, 11) is 0. The first-order valence-corrected chi connectivity index (χ1v) is 6.10. The number of hydrogen-bond acceptors (Lipinski definition) is 3. The van der Waals surface area contributed by atoms with Crippen LogP contribution in [0.3, 0.4) is 0 Å². The predicted octanol–water partition coefficient (Wildman–Crippen LogP) is 2.24. The van der Waals surface area contributed by atoms with Gasteiger partial charge in [0.2, 0.25) is 0 Å². The first-order chi connectivity index (χ1) is 7.42. The van der Waals surface area contributed by atoms with Crippen LogP contribution < -0.4 is 5.32 Å². The summed E-state index contributed by atoms with van der Waals surface area (Å²) in [6.45, 7) is 1.01. The van der Waals surface area contributed by atoms with Crippen molar-refractivity contribution in [2.75, 3.05) is 6.54 Å². The largest absolute Gasteiger partial charge is 0.445 e. The topological polar surface area (TPSA) is 38.1 Å². The lowest BCUT2D eigenvalue weighted by Gasteiger charge is -2.22. The minimum atomic E-state index is 0.669. The summed E-state index contributed by atoms with van der Waals surface area (Å²) in [4.78, 5) is 4.33. The van der Waals surface area contributed by atoms with Crippen molar-refractivity contribution in [3.8, 4) is 0 Å².